The van der Waals surface area contributed by atoms with Gasteiger partial charge >= 0.3 is 11.9 Å². The number of fused-ring (bicyclic) bond motifs is 4. The van der Waals surface area contributed by atoms with E-state index < -0.39 is 70.9 Å². The number of ether oxygens (including phenoxy) is 3. The number of carbonyl (C=O) groups excluding carboxylic acids is 2. The van der Waals surface area contributed by atoms with Crippen molar-refractivity contribution in [3.05, 3.63) is 0 Å². The Morgan fingerprint density at radius 2 is 1.55 bits per heavy atom. The average Bonchev–Trinajstić information content (AvgIpc) is 3.77. The molecule has 3 N–H and O–H groups in total. The highest BCUT2D eigenvalue weighted by atomic mass is 16.6. The van der Waals surface area contributed by atoms with E-state index in [1.165, 1.54) is 13.8 Å². The quantitative estimate of drug-likeness (QED) is 0.312. The third kappa shape index (κ3) is 3.92. The summed E-state index contributed by atoms with van der Waals surface area (Å²) in [5.74, 6) is -0.112. The number of epoxide rings is 1. The van der Waals surface area contributed by atoms with E-state index in [9.17, 15) is 24.9 Å². The van der Waals surface area contributed by atoms with E-state index in [1.807, 2.05) is 0 Å². The Labute approximate surface area is 251 Å². The van der Waals surface area contributed by atoms with Crippen LogP contribution in [-0.2, 0) is 23.8 Å². The van der Waals surface area contributed by atoms with Crippen LogP contribution in [0, 0.1) is 63.6 Å². The van der Waals surface area contributed by atoms with Gasteiger partial charge in [-0.1, -0.05) is 48.5 Å². The summed E-state index contributed by atoms with van der Waals surface area (Å²) in [5, 5.41) is 35.3. The Hall–Kier alpha value is -1.22. The van der Waals surface area contributed by atoms with Gasteiger partial charge in [0.2, 0.25) is 0 Å². The van der Waals surface area contributed by atoms with Crippen molar-refractivity contribution in [3.8, 4) is 0 Å². The Balaban J connectivity index is 1.45. The second-order valence-electron chi connectivity index (χ2n) is 16.4. The summed E-state index contributed by atoms with van der Waals surface area (Å²) < 4.78 is 18.6. The Morgan fingerprint density at radius 1 is 0.905 bits per heavy atom. The molecular weight excluding hydrogens is 536 g/mol. The lowest BCUT2D eigenvalue weighted by atomic mass is 9.42. The maximum Gasteiger partial charge on any atom is 0.303 e. The van der Waals surface area contributed by atoms with Crippen LogP contribution in [0.25, 0.3) is 0 Å². The second-order valence-corrected chi connectivity index (χ2v) is 16.4. The average molecular weight is 591 g/mol. The lowest BCUT2D eigenvalue weighted by Gasteiger charge is -2.64. The largest absolute Gasteiger partial charge is 0.462 e. The third-order valence-electron chi connectivity index (χ3n) is 14.5. The Bertz CT molecular complexity index is 1120. The number of aliphatic hydroxyl groups excluding tert-OH is 3. The van der Waals surface area contributed by atoms with Crippen molar-refractivity contribution in [2.24, 2.45) is 63.6 Å². The van der Waals surface area contributed by atoms with Crippen LogP contribution < -0.4 is 0 Å². The first-order valence-electron chi connectivity index (χ1n) is 16.5. The van der Waals surface area contributed by atoms with Crippen molar-refractivity contribution >= 4 is 11.9 Å². The first-order chi connectivity index (χ1) is 19.5. The summed E-state index contributed by atoms with van der Waals surface area (Å²) in [4.78, 5) is 25.2. The molecule has 8 heteroatoms. The van der Waals surface area contributed by atoms with Crippen molar-refractivity contribution in [1.82, 2.24) is 0 Å². The first-order valence-corrected chi connectivity index (χ1v) is 16.5. The normalized spacial score (nSPS) is 55.4. The Morgan fingerprint density at radius 3 is 2.14 bits per heavy atom. The van der Waals surface area contributed by atoms with E-state index >= 15 is 0 Å². The zero-order valence-electron chi connectivity index (χ0n) is 27.0. The molecule has 1 saturated heterocycles. The van der Waals surface area contributed by atoms with Gasteiger partial charge in [0.1, 0.15) is 23.9 Å². The highest BCUT2D eigenvalue weighted by Crippen LogP contribution is 2.76. The maximum atomic E-state index is 12.6. The molecule has 17 atom stereocenters. The molecule has 8 nitrogen and oxygen atoms in total. The van der Waals surface area contributed by atoms with Crippen molar-refractivity contribution in [3.63, 3.8) is 0 Å². The molecule has 0 aromatic rings. The minimum atomic E-state index is -1.00. The van der Waals surface area contributed by atoms with Gasteiger partial charge in [-0.3, -0.25) is 9.59 Å². The standard InChI is InChI=1S/C34H54O8/c1-15(2)17(4)31(7)14-22(31)16(3)21-12-23(40-18(5)35)25-24-26(28(41-19(6)36)29(39)33(21,25)9)32(8)11-10-20(37)13-34(32)30(42-34)27(24)38/h15-17,20-30,37-39H,10-14H2,1-9H3/t16?,17?,20-,21+,22+,23?,24?,25?,26?,27?,28?,29+,30+,31+,32+,33+,34+/m0/s1. The van der Waals surface area contributed by atoms with Crippen molar-refractivity contribution in [1.29, 1.82) is 0 Å². The lowest BCUT2D eigenvalue weighted by molar-refractivity contribution is -0.257. The molecule has 6 aliphatic rings. The van der Waals surface area contributed by atoms with Crippen LogP contribution in [0.4, 0.5) is 0 Å². The summed E-state index contributed by atoms with van der Waals surface area (Å²) in [6.07, 6.45) is -0.787. The number of esters is 2. The predicted octanol–water partition coefficient (Wildman–Crippen LogP) is 4.12. The van der Waals surface area contributed by atoms with Crippen LogP contribution in [0.3, 0.4) is 0 Å². The monoisotopic (exact) mass is 590 g/mol. The number of rotatable bonds is 6. The molecule has 8 unspecified atom stereocenters. The highest BCUT2D eigenvalue weighted by molar-refractivity contribution is 5.67. The Kier molecular flexibility index (Phi) is 7.07. The highest BCUT2D eigenvalue weighted by Gasteiger charge is 2.83. The molecule has 0 amide bonds. The zero-order chi connectivity index (χ0) is 30.9. The molecule has 238 valence electrons. The van der Waals surface area contributed by atoms with Crippen molar-refractivity contribution < 1.29 is 39.1 Å². The van der Waals surface area contributed by atoms with Crippen LogP contribution in [0.2, 0.25) is 0 Å². The number of aliphatic hydroxyl groups is 3. The van der Waals surface area contributed by atoms with Crippen molar-refractivity contribution in [2.45, 2.75) is 137 Å². The molecule has 5 saturated carbocycles. The van der Waals surface area contributed by atoms with Crippen molar-refractivity contribution in [2.75, 3.05) is 0 Å². The summed E-state index contributed by atoms with van der Waals surface area (Å²) in [7, 11) is 0. The number of hydrogen-bond donors (Lipinski definition) is 3. The summed E-state index contributed by atoms with van der Waals surface area (Å²) in [6.45, 7) is 18.6. The van der Waals surface area contributed by atoms with Gasteiger partial charge < -0.3 is 29.5 Å². The predicted molar refractivity (Wildman–Crippen MR) is 155 cm³/mol. The lowest BCUT2D eigenvalue weighted by Crippen LogP contribution is -2.72. The summed E-state index contributed by atoms with van der Waals surface area (Å²) in [6, 6.07) is 0. The fourth-order valence-electron chi connectivity index (χ4n) is 12.0. The van der Waals surface area contributed by atoms with E-state index in [0.717, 1.165) is 6.42 Å². The van der Waals surface area contributed by atoms with Gasteiger partial charge in [-0.25, -0.2) is 0 Å². The molecule has 6 fully saturated rings. The molecule has 1 aliphatic heterocycles. The fraction of sp³-hybridized carbons (Fsp3) is 0.941. The summed E-state index contributed by atoms with van der Waals surface area (Å²) in [5.41, 5.74) is -1.80. The molecule has 5 aliphatic carbocycles. The smallest absolute Gasteiger partial charge is 0.303 e. The van der Waals surface area contributed by atoms with Crippen LogP contribution >= 0.6 is 0 Å². The second kappa shape index (κ2) is 9.64. The van der Waals surface area contributed by atoms with E-state index in [0.29, 0.717) is 43.4 Å². The number of carbonyl (C=O) groups is 2. The van der Waals surface area contributed by atoms with Gasteiger partial charge in [0.05, 0.1) is 18.3 Å². The maximum absolute atomic E-state index is 12.6. The molecule has 1 heterocycles. The number of hydrogen-bond acceptors (Lipinski definition) is 8. The van der Waals surface area contributed by atoms with Gasteiger partial charge in [0, 0.05) is 48.9 Å². The molecular formula is C34H54O8. The minimum absolute atomic E-state index is 0.00651. The topological polar surface area (TPSA) is 126 Å². The molecule has 42 heavy (non-hydrogen) atoms. The van der Waals surface area contributed by atoms with Crippen LogP contribution in [0.15, 0.2) is 0 Å². The van der Waals surface area contributed by atoms with Gasteiger partial charge in [-0.2, -0.15) is 0 Å². The zero-order valence-corrected chi connectivity index (χ0v) is 27.0. The van der Waals surface area contributed by atoms with Crippen LogP contribution in [0.5, 0.6) is 0 Å². The van der Waals surface area contributed by atoms with E-state index in [4.69, 9.17) is 14.2 Å². The SMILES string of the molecule is CC(=O)OC1C[C@H](C(C)[C@H]2C[C@]2(C)C(C)C(C)C)[C@]2(C)C1C1C(O)[C@H]3O[C@]34C[C@@H](O)CC[C@]4(C)C1C(OC(C)=O)[C@H]2O. The van der Waals surface area contributed by atoms with Gasteiger partial charge in [-0.15, -0.1) is 0 Å². The van der Waals surface area contributed by atoms with Crippen LogP contribution in [-0.4, -0.2) is 69.5 Å². The minimum Gasteiger partial charge on any atom is -0.462 e. The van der Waals surface area contributed by atoms with Gasteiger partial charge in [0.25, 0.3) is 0 Å². The summed E-state index contributed by atoms with van der Waals surface area (Å²) >= 11 is 0. The third-order valence-corrected chi connectivity index (χ3v) is 14.5. The van der Waals surface area contributed by atoms with Gasteiger partial charge in [0.15, 0.2) is 0 Å². The molecule has 0 aromatic carbocycles. The molecule has 0 radical (unpaired) electrons. The first kappa shape index (κ1) is 30.8. The van der Waals surface area contributed by atoms with Gasteiger partial charge in [-0.05, 0) is 60.7 Å². The molecule has 0 aromatic heterocycles. The molecule has 6 rings (SSSR count). The molecule has 0 bridgehead atoms. The van der Waals surface area contributed by atoms with Crippen LogP contribution in [0.1, 0.15) is 94.4 Å². The van der Waals surface area contributed by atoms with E-state index in [-0.39, 0.29) is 29.1 Å². The van der Waals surface area contributed by atoms with E-state index in [2.05, 4.69) is 48.5 Å². The van der Waals surface area contributed by atoms with E-state index in [1.54, 1.807) is 0 Å². The molecule has 1 spiro atoms. The fourth-order valence-corrected chi connectivity index (χ4v) is 12.0.